The van der Waals surface area contributed by atoms with Crippen LogP contribution in [0.5, 0.6) is 0 Å². The first-order valence-electron chi connectivity index (χ1n) is 6.97. The van der Waals surface area contributed by atoms with Gasteiger partial charge in [0.05, 0.1) is 5.01 Å². The molecule has 2 aromatic rings. The quantitative estimate of drug-likeness (QED) is 0.805. The van der Waals surface area contributed by atoms with Crippen LogP contribution in [0.25, 0.3) is 11.3 Å². The zero-order valence-electron chi connectivity index (χ0n) is 11.3. The summed E-state index contributed by atoms with van der Waals surface area (Å²) in [6.07, 6.45) is 5.70. The van der Waals surface area contributed by atoms with E-state index in [2.05, 4.69) is 4.98 Å². The van der Waals surface area contributed by atoms with Gasteiger partial charge in [-0.2, -0.15) is 0 Å². The van der Waals surface area contributed by atoms with Crippen molar-refractivity contribution in [2.45, 2.75) is 38.0 Å². The van der Waals surface area contributed by atoms with Gasteiger partial charge in [-0.25, -0.2) is 18.2 Å². The minimum Gasteiger partial charge on any atom is -0.389 e. The summed E-state index contributed by atoms with van der Waals surface area (Å²) in [5.41, 5.74) is 6.46. The minimum atomic E-state index is -1.47. The number of benzene rings is 1. The summed E-state index contributed by atoms with van der Waals surface area (Å²) in [6.45, 7) is 0. The summed E-state index contributed by atoms with van der Waals surface area (Å²) in [5, 5.41) is 1.33. The van der Waals surface area contributed by atoms with Crippen LogP contribution in [0.15, 0.2) is 12.1 Å². The largest absolute Gasteiger partial charge is 0.389 e. The van der Waals surface area contributed by atoms with E-state index in [0.717, 1.165) is 30.0 Å². The lowest BCUT2D eigenvalue weighted by Crippen LogP contribution is -2.03. The highest BCUT2D eigenvalue weighted by Crippen LogP contribution is 2.40. The van der Waals surface area contributed by atoms with Crippen LogP contribution >= 0.6 is 11.3 Å². The molecule has 0 amide bonds. The van der Waals surface area contributed by atoms with Gasteiger partial charge in [-0.05, 0) is 25.0 Å². The van der Waals surface area contributed by atoms with Gasteiger partial charge in [-0.3, -0.25) is 0 Å². The molecule has 1 heterocycles. The Balaban J connectivity index is 1.97. The van der Waals surface area contributed by atoms with Crippen molar-refractivity contribution in [3.8, 4) is 11.3 Å². The molecule has 2 N–H and O–H groups in total. The lowest BCUT2D eigenvalue weighted by molar-refractivity contribution is 0.442. The molecule has 112 valence electrons. The zero-order chi connectivity index (χ0) is 15.0. The van der Waals surface area contributed by atoms with Gasteiger partial charge >= 0.3 is 0 Å². The fraction of sp³-hybridized carbons (Fsp3) is 0.400. The van der Waals surface area contributed by atoms with Crippen LogP contribution in [0.2, 0.25) is 0 Å². The van der Waals surface area contributed by atoms with Crippen molar-refractivity contribution in [2.75, 3.05) is 5.73 Å². The molecule has 1 aromatic carbocycles. The van der Waals surface area contributed by atoms with E-state index in [1.54, 1.807) is 0 Å². The van der Waals surface area contributed by atoms with Gasteiger partial charge in [0, 0.05) is 11.5 Å². The molecule has 2 nitrogen and oxygen atoms in total. The van der Waals surface area contributed by atoms with Gasteiger partial charge in [-0.15, -0.1) is 11.3 Å². The van der Waals surface area contributed by atoms with Crippen LogP contribution in [-0.2, 0) is 0 Å². The summed E-state index contributed by atoms with van der Waals surface area (Å²) in [4.78, 5) is 4.45. The molecule has 1 aliphatic rings. The van der Waals surface area contributed by atoms with Gasteiger partial charge in [0.1, 0.15) is 10.7 Å². The number of hydrogen-bond donors (Lipinski definition) is 1. The van der Waals surface area contributed by atoms with Crippen molar-refractivity contribution in [1.82, 2.24) is 4.98 Å². The van der Waals surface area contributed by atoms with Gasteiger partial charge in [0.2, 0.25) is 0 Å². The van der Waals surface area contributed by atoms with Crippen LogP contribution in [0.3, 0.4) is 0 Å². The average molecular weight is 312 g/mol. The Morgan fingerprint density at radius 2 is 1.67 bits per heavy atom. The van der Waals surface area contributed by atoms with Gasteiger partial charge in [-0.1, -0.05) is 19.3 Å². The number of nitrogens with zero attached hydrogens (tertiary/aromatic N) is 1. The highest BCUT2D eigenvalue weighted by Gasteiger charge is 2.22. The molecular formula is C15H15F3N2S. The molecule has 0 saturated heterocycles. The van der Waals surface area contributed by atoms with Crippen molar-refractivity contribution in [2.24, 2.45) is 0 Å². The third-order valence-electron chi connectivity index (χ3n) is 3.88. The lowest BCUT2D eigenvalue weighted by atomic mass is 9.90. The zero-order valence-corrected chi connectivity index (χ0v) is 12.2. The summed E-state index contributed by atoms with van der Waals surface area (Å²) >= 11 is 1.36. The molecule has 0 atom stereocenters. The number of rotatable bonds is 2. The van der Waals surface area contributed by atoms with Gasteiger partial charge in [0.25, 0.3) is 0 Å². The molecule has 0 spiro atoms. The molecule has 3 rings (SSSR count). The van der Waals surface area contributed by atoms with Crippen LogP contribution in [-0.4, -0.2) is 4.98 Å². The second-order valence-corrected chi connectivity index (χ2v) is 6.42. The standard InChI is InChI=1S/C15H15F3N2S/c16-10-6-9(7-11(17)12(10)18)13-14(19)21-15(20-13)8-4-2-1-3-5-8/h6-8H,1-5,19H2. The number of hydrogen-bond acceptors (Lipinski definition) is 3. The molecule has 1 aromatic heterocycles. The molecule has 0 unspecified atom stereocenters. The Bertz CT molecular complexity index is 640. The average Bonchev–Trinajstić information content (AvgIpc) is 2.87. The molecule has 1 saturated carbocycles. The third-order valence-corrected chi connectivity index (χ3v) is 4.93. The van der Waals surface area contributed by atoms with E-state index in [-0.39, 0.29) is 5.56 Å². The van der Waals surface area contributed by atoms with Crippen LogP contribution in [0, 0.1) is 17.5 Å². The number of aromatic nitrogens is 1. The van der Waals surface area contributed by atoms with Gasteiger partial charge in [0.15, 0.2) is 17.5 Å². The topological polar surface area (TPSA) is 38.9 Å². The Labute approximate surface area is 124 Å². The second kappa shape index (κ2) is 5.67. The van der Waals surface area contributed by atoms with E-state index in [0.29, 0.717) is 16.6 Å². The molecular weight excluding hydrogens is 297 g/mol. The second-order valence-electron chi connectivity index (χ2n) is 5.35. The first kappa shape index (κ1) is 14.4. The fourth-order valence-electron chi connectivity index (χ4n) is 2.77. The number of halogens is 3. The van der Waals surface area contributed by atoms with Crippen molar-refractivity contribution in [3.05, 3.63) is 34.6 Å². The monoisotopic (exact) mass is 312 g/mol. The number of thiazole rings is 1. The molecule has 1 fully saturated rings. The van der Waals surface area contributed by atoms with E-state index < -0.39 is 17.5 Å². The molecule has 0 bridgehead atoms. The minimum absolute atomic E-state index is 0.183. The molecule has 0 radical (unpaired) electrons. The summed E-state index contributed by atoms with van der Waals surface area (Å²) in [7, 11) is 0. The maximum atomic E-state index is 13.3. The SMILES string of the molecule is Nc1sc(C2CCCCC2)nc1-c1cc(F)c(F)c(F)c1. The molecule has 0 aliphatic heterocycles. The van der Waals surface area contributed by atoms with Crippen molar-refractivity contribution in [3.63, 3.8) is 0 Å². The first-order chi connectivity index (χ1) is 10.1. The van der Waals surface area contributed by atoms with E-state index in [1.165, 1.54) is 30.6 Å². The first-order valence-corrected chi connectivity index (χ1v) is 7.79. The van der Waals surface area contributed by atoms with Crippen molar-refractivity contribution in [1.29, 1.82) is 0 Å². The van der Waals surface area contributed by atoms with E-state index in [9.17, 15) is 13.2 Å². The summed E-state index contributed by atoms with van der Waals surface area (Å²) in [5.74, 6) is -3.55. The maximum absolute atomic E-state index is 13.3. The predicted octanol–water partition coefficient (Wildman–Crippen LogP) is 4.86. The molecule has 21 heavy (non-hydrogen) atoms. The van der Waals surface area contributed by atoms with Crippen LogP contribution < -0.4 is 5.73 Å². The number of nitrogens with two attached hydrogens (primary N) is 1. The van der Waals surface area contributed by atoms with Crippen molar-refractivity contribution < 1.29 is 13.2 Å². The van der Waals surface area contributed by atoms with E-state index in [4.69, 9.17) is 5.73 Å². The fourth-order valence-corrected chi connectivity index (χ4v) is 3.80. The van der Waals surface area contributed by atoms with Crippen LogP contribution in [0.4, 0.5) is 18.2 Å². The smallest absolute Gasteiger partial charge is 0.194 e. The van der Waals surface area contributed by atoms with Crippen LogP contribution in [0.1, 0.15) is 43.0 Å². The Morgan fingerprint density at radius 1 is 1.05 bits per heavy atom. The Kier molecular flexibility index (Phi) is 3.89. The number of anilines is 1. The van der Waals surface area contributed by atoms with Crippen molar-refractivity contribution >= 4 is 16.3 Å². The number of nitrogen functional groups attached to an aromatic ring is 1. The summed E-state index contributed by atoms with van der Waals surface area (Å²) < 4.78 is 39.7. The third kappa shape index (κ3) is 2.77. The lowest BCUT2D eigenvalue weighted by Gasteiger charge is -2.18. The maximum Gasteiger partial charge on any atom is 0.194 e. The van der Waals surface area contributed by atoms with E-state index >= 15 is 0 Å². The van der Waals surface area contributed by atoms with Gasteiger partial charge < -0.3 is 5.73 Å². The Morgan fingerprint density at radius 3 is 2.29 bits per heavy atom. The highest BCUT2D eigenvalue weighted by atomic mass is 32.1. The molecule has 1 aliphatic carbocycles. The highest BCUT2D eigenvalue weighted by molar-refractivity contribution is 7.16. The Hall–Kier alpha value is -1.56. The predicted molar refractivity (Wildman–Crippen MR) is 77.7 cm³/mol. The molecule has 6 heteroatoms. The normalized spacial score (nSPS) is 16.3. The summed E-state index contributed by atoms with van der Waals surface area (Å²) in [6, 6.07) is 1.88. The van der Waals surface area contributed by atoms with E-state index in [1.807, 2.05) is 0 Å².